The second-order valence-electron chi connectivity index (χ2n) is 5.60. The largest absolute Gasteiger partial charge is 0.351 e. The van der Waals surface area contributed by atoms with Gasteiger partial charge in [0.05, 0.1) is 5.56 Å². The van der Waals surface area contributed by atoms with Crippen LogP contribution in [0.4, 0.5) is 13.2 Å². The fourth-order valence-electron chi connectivity index (χ4n) is 2.72. The van der Waals surface area contributed by atoms with Crippen molar-refractivity contribution in [1.29, 1.82) is 0 Å². The normalized spacial score (nSPS) is 17.5. The van der Waals surface area contributed by atoms with Crippen LogP contribution in [0.2, 0.25) is 0 Å². The third-order valence-corrected chi connectivity index (χ3v) is 5.29. The van der Waals surface area contributed by atoms with E-state index >= 15 is 0 Å². The number of rotatable bonds is 4. The summed E-state index contributed by atoms with van der Waals surface area (Å²) in [6.07, 6.45) is 5.35. The third-order valence-electron chi connectivity index (χ3n) is 4.10. The molecular formula is C15H17BrF3NO. The molecule has 1 aliphatic rings. The first-order chi connectivity index (χ1) is 9.99. The van der Waals surface area contributed by atoms with Gasteiger partial charge in [-0.2, -0.15) is 0 Å². The number of halogens is 4. The average molecular weight is 364 g/mol. The molecular weight excluding hydrogens is 347 g/mol. The summed E-state index contributed by atoms with van der Waals surface area (Å²) < 4.78 is 39.6. The van der Waals surface area contributed by atoms with Gasteiger partial charge in [0.25, 0.3) is 5.91 Å². The first-order valence-electron chi connectivity index (χ1n) is 6.97. The highest BCUT2D eigenvalue weighted by atomic mass is 79.9. The quantitative estimate of drug-likeness (QED) is 0.630. The molecule has 1 aromatic rings. The molecule has 1 saturated carbocycles. The summed E-state index contributed by atoms with van der Waals surface area (Å²) in [6.45, 7) is 0.398. The lowest BCUT2D eigenvalue weighted by atomic mass is 9.75. The van der Waals surface area contributed by atoms with Crippen molar-refractivity contribution >= 4 is 21.8 Å². The highest BCUT2D eigenvalue weighted by Crippen LogP contribution is 2.37. The number of hydrogen-bond acceptors (Lipinski definition) is 1. The van der Waals surface area contributed by atoms with E-state index in [4.69, 9.17) is 0 Å². The Morgan fingerprint density at radius 2 is 1.81 bits per heavy atom. The lowest BCUT2D eigenvalue weighted by molar-refractivity contribution is 0.0916. The predicted octanol–water partition coefficient (Wildman–Crippen LogP) is 4.18. The van der Waals surface area contributed by atoms with Gasteiger partial charge in [0.1, 0.15) is 0 Å². The zero-order valence-electron chi connectivity index (χ0n) is 11.5. The zero-order valence-corrected chi connectivity index (χ0v) is 13.1. The van der Waals surface area contributed by atoms with Gasteiger partial charge in [0, 0.05) is 11.9 Å². The van der Waals surface area contributed by atoms with Crippen molar-refractivity contribution in [3.63, 3.8) is 0 Å². The molecule has 0 bridgehead atoms. The molecule has 0 saturated heterocycles. The van der Waals surface area contributed by atoms with Gasteiger partial charge in [-0.15, -0.1) is 0 Å². The molecule has 1 aromatic carbocycles. The lowest BCUT2D eigenvalue weighted by Crippen LogP contribution is -2.40. The summed E-state index contributed by atoms with van der Waals surface area (Å²) in [7, 11) is 0. The minimum Gasteiger partial charge on any atom is -0.351 e. The van der Waals surface area contributed by atoms with E-state index in [1.807, 2.05) is 0 Å². The number of amides is 1. The summed E-state index contributed by atoms with van der Waals surface area (Å²) in [4.78, 5) is 12.0. The first-order valence-corrected chi connectivity index (χ1v) is 8.09. The molecule has 1 aliphatic carbocycles. The van der Waals surface area contributed by atoms with E-state index in [1.165, 1.54) is 6.42 Å². The molecule has 0 radical (unpaired) electrons. The van der Waals surface area contributed by atoms with E-state index in [2.05, 4.69) is 21.2 Å². The number of carbonyl (C=O) groups is 1. The van der Waals surface area contributed by atoms with Crippen molar-refractivity contribution in [3.05, 3.63) is 35.1 Å². The molecule has 0 atom stereocenters. The molecule has 1 N–H and O–H groups in total. The summed E-state index contributed by atoms with van der Waals surface area (Å²) in [6, 6.07) is 1.72. The van der Waals surface area contributed by atoms with Crippen molar-refractivity contribution in [2.75, 3.05) is 11.9 Å². The van der Waals surface area contributed by atoms with Gasteiger partial charge in [-0.1, -0.05) is 35.2 Å². The van der Waals surface area contributed by atoms with Crippen LogP contribution in [-0.2, 0) is 0 Å². The minimum atomic E-state index is -1.62. The summed E-state index contributed by atoms with van der Waals surface area (Å²) in [5.74, 6) is -5.06. The van der Waals surface area contributed by atoms with Crippen LogP contribution >= 0.6 is 15.9 Å². The standard InChI is InChI=1S/C15H17BrF3NO/c16-8-15(6-2-1-3-7-15)9-20-14(21)10-4-5-11(17)13(19)12(10)18/h4-5H,1-3,6-9H2,(H,20,21). The second-order valence-corrected chi connectivity index (χ2v) is 6.16. The second kappa shape index (κ2) is 6.81. The first kappa shape index (κ1) is 16.3. The Hall–Kier alpha value is -1.04. The predicted molar refractivity (Wildman–Crippen MR) is 78.0 cm³/mol. The van der Waals surface area contributed by atoms with Crippen molar-refractivity contribution in [1.82, 2.24) is 5.32 Å². The topological polar surface area (TPSA) is 29.1 Å². The molecule has 21 heavy (non-hydrogen) atoms. The fourth-order valence-corrected chi connectivity index (χ4v) is 3.48. The Morgan fingerprint density at radius 1 is 1.14 bits per heavy atom. The SMILES string of the molecule is O=C(NCC1(CBr)CCCCC1)c1ccc(F)c(F)c1F. The van der Waals surface area contributed by atoms with Gasteiger partial charge >= 0.3 is 0 Å². The van der Waals surface area contributed by atoms with Crippen LogP contribution in [0.5, 0.6) is 0 Å². The van der Waals surface area contributed by atoms with E-state index in [1.54, 1.807) is 0 Å². The fraction of sp³-hybridized carbons (Fsp3) is 0.533. The molecule has 0 aromatic heterocycles. The van der Waals surface area contributed by atoms with Crippen molar-refractivity contribution in [2.45, 2.75) is 32.1 Å². The molecule has 116 valence electrons. The van der Waals surface area contributed by atoms with Gasteiger partial charge in [-0.25, -0.2) is 13.2 Å². The summed E-state index contributed by atoms with van der Waals surface area (Å²) in [5.41, 5.74) is -0.502. The van der Waals surface area contributed by atoms with Crippen LogP contribution in [-0.4, -0.2) is 17.8 Å². The monoisotopic (exact) mass is 363 g/mol. The molecule has 0 heterocycles. The summed E-state index contributed by atoms with van der Waals surface area (Å²) in [5, 5.41) is 3.40. The molecule has 0 unspecified atom stereocenters. The van der Waals surface area contributed by atoms with Gasteiger partial charge in [-0.05, 0) is 30.4 Å². The number of alkyl halides is 1. The van der Waals surface area contributed by atoms with Crippen LogP contribution in [0.1, 0.15) is 42.5 Å². The van der Waals surface area contributed by atoms with Gasteiger partial charge < -0.3 is 5.32 Å². The molecule has 1 fully saturated rings. The Kier molecular flexibility index (Phi) is 5.30. The van der Waals surface area contributed by atoms with Crippen LogP contribution in [0, 0.1) is 22.9 Å². The zero-order chi connectivity index (χ0) is 15.5. The lowest BCUT2D eigenvalue weighted by Gasteiger charge is -2.35. The molecule has 0 aliphatic heterocycles. The van der Waals surface area contributed by atoms with Crippen LogP contribution in [0.25, 0.3) is 0 Å². The van der Waals surface area contributed by atoms with E-state index < -0.39 is 28.9 Å². The maximum absolute atomic E-state index is 13.6. The van der Waals surface area contributed by atoms with Crippen LogP contribution < -0.4 is 5.32 Å². The van der Waals surface area contributed by atoms with E-state index in [9.17, 15) is 18.0 Å². The average Bonchev–Trinajstić information content (AvgIpc) is 2.51. The molecule has 6 heteroatoms. The Bertz CT molecular complexity index is 530. The van der Waals surface area contributed by atoms with E-state index in [0.717, 1.165) is 43.1 Å². The van der Waals surface area contributed by atoms with E-state index in [0.29, 0.717) is 6.54 Å². The Labute approximate surface area is 130 Å². The Morgan fingerprint density at radius 3 is 2.43 bits per heavy atom. The van der Waals surface area contributed by atoms with Crippen molar-refractivity contribution < 1.29 is 18.0 Å². The minimum absolute atomic E-state index is 0.0387. The van der Waals surface area contributed by atoms with Gasteiger partial charge in [0.2, 0.25) is 0 Å². The molecule has 1 amide bonds. The highest BCUT2D eigenvalue weighted by Gasteiger charge is 2.31. The Balaban J connectivity index is 2.06. The highest BCUT2D eigenvalue weighted by molar-refractivity contribution is 9.09. The van der Waals surface area contributed by atoms with Gasteiger partial charge in [-0.3, -0.25) is 4.79 Å². The van der Waals surface area contributed by atoms with Crippen molar-refractivity contribution in [2.24, 2.45) is 5.41 Å². The van der Waals surface area contributed by atoms with E-state index in [-0.39, 0.29) is 5.41 Å². The third kappa shape index (κ3) is 3.59. The number of nitrogens with one attached hydrogen (secondary N) is 1. The maximum atomic E-state index is 13.6. The number of benzene rings is 1. The van der Waals surface area contributed by atoms with Crippen LogP contribution in [0.3, 0.4) is 0 Å². The molecule has 0 spiro atoms. The maximum Gasteiger partial charge on any atom is 0.254 e. The van der Waals surface area contributed by atoms with Crippen LogP contribution in [0.15, 0.2) is 12.1 Å². The number of carbonyl (C=O) groups excluding carboxylic acids is 1. The summed E-state index contributed by atoms with van der Waals surface area (Å²) >= 11 is 3.48. The van der Waals surface area contributed by atoms with Crippen molar-refractivity contribution in [3.8, 4) is 0 Å². The smallest absolute Gasteiger partial charge is 0.254 e. The van der Waals surface area contributed by atoms with Gasteiger partial charge in [0.15, 0.2) is 17.5 Å². The molecule has 2 rings (SSSR count). The molecule has 2 nitrogen and oxygen atoms in total. The number of hydrogen-bond donors (Lipinski definition) is 1.